The third-order valence-electron chi connectivity index (χ3n) is 4.16. The topological polar surface area (TPSA) is 75.6 Å². The van der Waals surface area contributed by atoms with Gasteiger partial charge in [0, 0.05) is 10.9 Å². The molecule has 6 nitrogen and oxygen atoms in total. The summed E-state index contributed by atoms with van der Waals surface area (Å²) in [5.41, 5.74) is 2.03. The Bertz CT molecular complexity index is 1130. The van der Waals surface area contributed by atoms with Gasteiger partial charge in [0.15, 0.2) is 5.82 Å². The number of thiophene rings is 1. The molecule has 3 heterocycles. The maximum atomic E-state index is 14.0. The van der Waals surface area contributed by atoms with Gasteiger partial charge in [0.05, 0.1) is 28.0 Å². The van der Waals surface area contributed by atoms with Gasteiger partial charge in [-0.15, -0.1) is 11.3 Å². The lowest BCUT2D eigenvalue weighted by Gasteiger charge is -2.06. The van der Waals surface area contributed by atoms with Gasteiger partial charge in [0.25, 0.3) is 5.91 Å². The number of nitrogens with one attached hydrogen (secondary N) is 2. The van der Waals surface area contributed by atoms with Crippen LogP contribution >= 0.6 is 11.3 Å². The fourth-order valence-corrected chi connectivity index (χ4v) is 3.61. The summed E-state index contributed by atoms with van der Waals surface area (Å²) in [5.74, 6) is -0.339. The van der Waals surface area contributed by atoms with Gasteiger partial charge in [-0.1, -0.05) is 12.1 Å². The zero-order valence-corrected chi connectivity index (χ0v) is 15.5. The molecule has 27 heavy (non-hydrogen) atoms. The molecular weight excluding hydrogens is 365 g/mol. The Balaban J connectivity index is 1.56. The molecule has 0 spiro atoms. The van der Waals surface area contributed by atoms with E-state index in [1.165, 1.54) is 21.8 Å². The number of carbonyl (C=O) groups excluding carboxylic acids is 1. The number of rotatable bonds is 4. The molecule has 0 radical (unpaired) electrons. The maximum Gasteiger partial charge on any atom is 0.260 e. The van der Waals surface area contributed by atoms with Gasteiger partial charge in [-0.25, -0.2) is 9.07 Å². The van der Waals surface area contributed by atoms with Gasteiger partial charge in [-0.05, 0) is 38.1 Å². The quantitative estimate of drug-likeness (QED) is 0.552. The largest absolute Gasteiger partial charge is 0.305 e. The van der Waals surface area contributed by atoms with Gasteiger partial charge in [-0.2, -0.15) is 10.2 Å². The Morgan fingerprint density at radius 3 is 2.78 bits per heavy atom. The highest BCUT2D eigenvalue weighted by atomic mass is 32.1. The molecule has 136 valence electrons. The lowest BCUT2D eigenvalue weighted by atomic mass is 10.2. The molecule has 0 fully saturated rings. The highest BCUT2D eigenvalue weighted by Gasteiger charge is 2.18. The van der Waals surface area contributed by atoms with E-state index in [4.69, 9.17) is 0 Å². The molecule has 1 amide bonds. The molecule has 3 aromatic heterocycles. The van der Waals surface area contributed by atoms with Crippen LogP contribution in [-0.2, 0) is 0 Å². The van der Waals surface area contributed by atoms with Crippen LogP contribution in [0.15, 0.2) is 48.7 Å². The molecule has 0 saturated heterocycles. The van der Waals surface area contributed by atoms with Crippen molar-refractivity contribution < 1.29 is 9.18 Å². The molecule has 0 aliphatic heterocycles. The summed E-state index contributed by atoms with van der Waals surface area (Å²) in [7, 11) is 0. The summed E-state index contributed by atoms with van der Waals surface area (Å²) in [6.07, 6.45) is 1.42. The van der Waals surface area contributed by atoms with Crippen molar-refractivity contribution >= 4 is 23.1 Å². The van der Waals surface area contributed by atoms with Crippen molar-refractivity contribution in [2.45, 2.75) is 13.8 Å². The highest BCUT2D eigenvalue weighted by molar-refractivity contribution is 7.15. The van der Waals surface area contributed by atoms with Crippen molar-refractivity contribution in [3.05, 3.63) is 70.6 Å². The predicted octanol–water partition coefficient (Wildman–Crippen LogP) is 4.33. The first-order valence-electron chi connectivity index (χ1n) is 8.26. The predicted molar refractivity (Wildman–Crippen MR) is 103 cm³/mol. The summed E-state index contributed by atoms with van der Waals surface area (Å²) in [6.45, 7) is 3.75. The third-order valence-corrected chi connectivity index (χ3v) is 5.19. The number of aromatic nitrogens is 4. The van der Waals surface area contributed by atoms with Crippen LogP contribution in [0.25, 0.3) is 16.3 Å². The van der Waals surface area contributed by atoms with Crippen molar-refractivity contribution in [3.63, 3.8) is 0 Å². The van der Waals surface area contributed by atoms with E-state index in [-0.39, 0.29) is 5.91 Å². The molecule has 2 N–H and O–H groups in total. The lowest BCUT2D eigenvalue weighted by molar-refractivity contribution is 0.102. The van der Waals surface area contributed by atoms with Gasteiger partial charge in [-0.3, -0.25) is 9.89 Å². The van der Waals surface area contributed by atoms with E-state index in [0.29, 0.717) is 22.8 Å². The molecule has 0 bridgehead atoms. The number of halogens is 1. The van der Waals surface area contributed by atoms with E-state index in [9.17, 15) is 9.18 Å². The second-order valence-electron chi connectivity index (χ2n) is 6.04. The number of benzene rings is 1. The number of hydrogen-bond acceptors (Lipinski definition) is 4. The van der Waals surface area contributed by atoms with Crippen molar-refractivity contribution in [2.75, 3.05) is 5.32 Å². The van der Waals surface area contributed by atoms with E-state index in [1.807, 2.05) is 19.1 Å². The molecule has 0 aliphatic rings. The van der Waals surface area contributed by atoms with Crippen LogP contribution in [0.5, 0.6) is 0 Å². The highest BCUT2D eigenvalue weighted by Crippen LogP contribution is 2.27. The standard InChI is InChI=1S/C19H16FN5OS/c1-11-7-8-17(27-11)15-9-18(24-23-15)22-19(26)13-10-21-25(12(13)2)16-6-4-3-5-14(16)20/h3-10H,1-2H3,(H2,22,23,24,26). The molecular formula is C19H16FN5OS. The zero-order chi connectivity index (χ0) is 19.0. The fraction of sp³-hybridized carbons (Fsp3) is 0.105. The molecule has 0 aliphatic carbocycles. The van der Waals surface area contributed by atoms with Crippen molar-refractivity contribution in [1.29, 1.82) is 0 Å². The Labute approximate surface area is 158 Å². The first-order valence-corrected chi connectivity index (χ1v) is 9.07. The van der Waals surface area contributed by atoms with Gasteiger partial charge in [0.2, 0.25) is 0 Å². The number of para-hydroxylation sites is 1. The minimum Gasteiger partial charge on any atom is -0.305 e. The van der Waals surface area contributed by atoms with Gasteiger partial charge < -0.3 is 5.32 Å². The number of aryl methyl sites for hydroxylation is 1. The zero-order valence-electron chi connectivity index (χ0n) is 14.7. The lowest BCUT2D eigenvalue weighted by Crippen LogP contribution is -2.13. The van der Waals surface area contributed by atoms with Crippen LogP contribution in [0.3, 0.4) is 0 Å². The van der Waals surface area contributed by atoms with Gasteiger partial charge in [0.1, 0.15) is 11.5 Å². The molecule has 1 aromatic carbocycles. The van der Waals surface area contributed by atoms with Crippen molar-refractivity contribution in [2.24, 2.45) is 0 Å². The Morgan fingerprint density at radius 2 is 2.04 bits per heavy atom. The second kappa shape index (κ2) is 6.81. The average molecular weight is 381 g/mol. The molecule has 0 atom stereocenters. The van der Waals surface area contributed by atoms with Crippen LogP contribution in [0.4, 0.5) is 10.2 Å². The third kappa shape index (κ3) is 3.26. The molecule has 8 heteroatoms. The van der Waals surface area contributed by atoms with Crippen LogP contribution < -0.4 is 5.32 Å². The minimum atomic E-state index is -0.404. The van der Waals surface area contributed by atoms with E-state index in [2.05, 4.69) is 20.6 Å². The minimum absolute atomic E-state index is 0.296. The van der Waals surface area contributed by atoms with E-state index in [1.54, 1.807) is 42.5 Å². The summed E-state index contributed by atoms with van der Waals surface area (Å²) in [6, 6.07) is 12.1. The van der Waals surface area contributed by atoms with Gasteiger partial charge >= 0.3 is 0 Å². The number of amides is 1. The van der Waals surface area contributed by atoms with E-state index in [0.717, 1.165) is 10.6 Å². The maximum absolute atomic E-state index is 14.0. The summed E-state index contributed by atoms with van der Waals surface area (Å²) < 4.78 is 15.4. The van der Waals surface area contributed by atoms with E-state index < -0.39 is 5.82 Å². The van der Waals surface area contributed by atoms with Crippen molar-refractivity contribution in [1.82, 2.24) is 20.0 Å². The average Bonchev–Trinajstić information content (AvgIpc) is 3.36. The molecule has 0 unspecified atom stereocenters. The number of nitrogens with zero attached hydrogens (tertiary/aromatic N) is 3. The molecule has 4 rings (SSSR count). The van der Waals surface area contributed by atoms with E-state index >= 15 is 0 Å². The smallest absolute Gasteiger partial charge is 0.260 e. The van der Waals surface area contributed by atoms with Crippen LogP contribution in [-0.4, -0.2) is 25.9 Å². The first-order chi connectivity index (χ1) is 13.0. The summed E-state index contributed by atoms with van der Waals surface area (Å²) in [4.78, 5) is 14.8. The monoisotopic (exact) mass is 381 g/mol. The number of hydrogen-bond donors (Lipinski definition) is 2. The molecule has 0 saturated carbocycles. The van der Waals surface area contributed by atoms with Crippen LogP contribution in [0.2, 0.25) is 0 Å². The summed E-state index contributed by atoms with van der Waals surface area (Å²) >= 11 is 1.64. The van der Waals surface area contributed by atoms with Crippen LogP contribution in [0.1, 0.15) is 20.9 Å². The Kier molecular flexibility index (Phi) is 4.33. The Morgan fingerprint density at radius 1 is 1.22 bits per heavy atom. The first kappa shape index (κ1) is 17.2. The SMILES string of the molecule is Cc1ccc(-c2cc(NC(=O)c3cnn(-c4ccccc4F)c3C)n[nH]2)s1. The fourth-order valence-electron chi connectivity index (χ4n) is 2.77. The van der Waals surface area contributed by atoms with Crippen molar-refractivity contribution in [3.8, 4) is 16.3 Å². The number of H-pyrrole nitrogens is 1. The molecule has 4 aromatic rings. The Hall–Kier alpha value is -3.26. The normalized spacial score (nSPS) is 10.9. The number of carbonyl (C=O) groups is 1. The second-order valence-corrected chi connectivity index (χ2v) is 7.33. The number of anilines is 1. The summed E-state index contributed by atoms with van der Waals surface area (Å²) in [5, 5.41) is 14.0. The van der Waals surface area contributed by atoms with Crippen LogP contribution in [0, 0.1) is 19.7 Å². The number of aromatic amines is 1.